The highest BCUT2D eigenvalue weighted by molar-refractivity contribution is 5.93. The van der Waals surface area contributed by atoms with Crippen molar-refractivity contribution in [1.29, 1.82) is 0 Å². The van der Waals surface area contributed by atoms with E-state index in [1.807, 2.05) is 0 Å². The molecule has 3 aromatic rings. The summed E-state index contributed by atoms with van der Waals surface area (Å²) in [6, 6.07) is 5.93. The van der Waals surface area contributed by atoms with Crippen LogP contribution in [0.15, 0.2) is 36.7 Å². The fourth-order valence-electron chi connectivity index (χ4n) is 3.08. The number of rotatable bonds is 4. The first-order valence-corrected chi connectivity index (χ1v) is 9.38. The van der Waals surface area contributed by atoms with Crippen LogP contribution in [0.1, 0.15) is 44.1 Å². The van der Waals surface area contributed by atoms with E-state index in [9.17, 15) is 14.0 Å². The summed E-state index contributed by atoms with van der Waals surface area (Å²) in [6.45, 7) is 5.38. The molecule has 0 unspecified atom stereocenters. The number of aromatic nitrogens is 3. The number of imidazole rings is 1. The van der Waals surface area contributed by atoms with Gasteiger partial charge in [-0.1, -0.05) is 12.1 Å². The number of carbonyl (C=O) groups is 2. The zero-order valence-electron chi connectivity index (χ0n) is 16.4. The fourth-order valence-corrected chi connectivity index (χ4v) is 3.08. The van der Waals surface area contributed by atoms with Crippen LogP contribution in [-0.4, -0.2) is 38.4 Å². The van der Waals surface area contributed by atoms with Gasteiger partial charge in [-0.2, -0.15) is 0 Å². The number of amides is 1. The van der Waals surface area contributed by atoms with E-state index in [0.29, 0.717) is 28.9 Å². The Balaban J connectivity index is 1.91. The van der Waals surface area contributed by atoms with Gasteiger partial charge in [0.25, 0.3) is 0 Å². The van der Waals surface area contributed by atoms with Crippen molar-refractivity contribution >= 4 is 23.8 Å². The third-order valence-corrected chi connectivity index (χ3v) is 4.47. The van der Waals surface area contributed by atoms with E-state index in [2.05, 4.69) is 9.97 Å². The lowest BCUT2D eigenvalue weighted by Gasteiger charge is -2.27. The number of hydrogen-bond donors (Lipinski definition) is 0. The summed E-state index contributed by atoms with van der Waals surface area (Å²) in [4.78, 5) is 34.9. The number of hydrogen-bond acceptors (Lipinski definition) is 5. The molecule has 0 bridgehead atoms. The molecule has 7 nitrogen and oxygen atoms in total. The van der Waals surface area contributed by atoms with Crippen LogP contribution in [0.5, 0.6) is 0 Å². The summed E-state index contributed by atoms with van der Waals surface area (Å²) in [5, 5.41) is 0. The molecule has 2 aromatic heterocycles. The topological polar surface area (TPSA) is 76.8 Å². The highest BCUT2D eigenvalue weighted by Gasteiger charge is 2.39. The Hall–Kier alpha value is -3.29. The van der Waals surface area contributed by atoms with Crippen LogP contribution in [0.3, 0.4) is 0 Å². The minimum atomic E-state index is -0.677. The van der Waals surface area contributed by atoms with Gasteiger partial charge in [-0.25, -0.2) is 19.2 Å². The minimum absolute atomic E-state index is 0.0553. The molecule has 1 fully saturated rings. The van der Waals surface area contributed by atoms with Crippen molar-refractivity contribution in [1.82, 2.24) is 14.4 Å². The summed E-state index contributed by atoms with van der Waals surface area (Å²) in [7, 11) is 0. The van der Waals surface area contributed by atoms with Gasteiger partial charge in [0, 0.05) is 17.8 Å². The highest BCUT2D eigenvalue weighted by Crippen LogP contribution is 2.35. The van der Waals surface area contributed by atoms with Gasteiger partial charge in [0.05, 0.1) is 11.9 Å². The first kappa shape index (κ1) is 19.0. The van der Waals surface area contributed by atoms with E-state index < -0.39 is 17.5 Å². The second-order valence-corrected chi connectivity index (χ2v) is 8.04. The van der Waals surface area contributed by atoms with E-state index in [1.165, 1.54) is 23.2 Å². The molecule has 150 valence electrons. The molecule has 0 aliphatic heterocycles. The normalized spacial score (nSPS) is 14.1. The van der Waals surface area contributed by atoms with Crippen molar-refractivity contribution < 1.29 is 18.7 Å². The van der Waals surface area contributed by atoms with E-state index in [0.717, 1.165) is 12.8 Å². The molecule has 1 saturated carbocycles. The largest absolute Gasteiger partial charge is 0.443 e. The van der Waals surface area contributed by atoms with Crippen LogP contribution < -0.4 is 4.90 Å². The lowest BCUT2D eigenvalue weighted by Crippen LogP contribution is -2.39. The third-order valence-electron chi connectivity index (χ3n) is 4.47. The number of carbonyl (C=O) groups excluding carboxylic acids is 2. The van der Waals surface area contributed by atoms with Crippen molar-refractivity contribution in [3.63, 3.8) is 0 Å². The van der Waals surface area contributed by atoms with Crippen LogP contribution in [-0.2, 0) is 4.74 Å². The standard InChI is InChI=1S/C21H21FN4O3/c1-21(2,3)29-20(28)26(15-7-8-15)19-18-23-10-16(12-27)25(18)11-17(24-19)13-5-4-6-14(22)9-13/h4-6,9-12,15H,7-8H2,1-3H3. The monoisotopic (exact) mass is 396 g/mol. The van der Waals surface area contributed by atoms with Crippen molar-refractivity contribution in [3.05, 3.63) is 48.2 Å². The number of anilines is 1. The van der Waals surface area contributed by atoms with Crippen LogP contribution in [0.2, 0.25) is 0 Å². The van der Waals surface area contributed by atoms with Gasteiger partial charge in [0.15, 0.2) is 17.8 Å². The molecule has 1 aliphatic carbocycles. The van der Waals surface area contributed by atoms with E-state index in [4.69, 9.17) is 4.74 Å². The Labute approximate surface area is 167 Å². The summed E-state index contributed by atoms with van der Waals surface area (Å²) >= 11 is 0. The van der Waals surface area contributed by atoms with Crippen LogP contribution in [0.4, 0.5) is 15.0 Å². The SMILES string of the molecule is CC(C)(C)OC(=O)N(c1nc(-c2cccc(F)c2)cn2c(C=O)cnc12)C1CC1. The summed E-state index contributed by atoms with van der Waals surface area (Å²) < 4.78 is 20.9. The Morgan fingerprint density at radius 2 is 2.10 bits per heavy atom. The van der Waals surface area contributed by atoms with Gasteiger partial charge in [-0.3, -0.25) is 14.1 Å². The van der Waals surface area contributed by atoms with Crippen molar-refractivity contribution in [2.45, 2.75) is 45.3 Å². The molecule has 4 rings (SSSR count). The smallest absolute Gasteiger partial charge is 0.416 e. The van der Waals surface area contributed by atoms with E-state index >= 15 is 0 Å². The molecule has 0 atom stereocenters. The van der Waals surface area contributed by atoms with Crippen LogP contribution in [0.25, 0.3) is 16.9 Å². The molecule has 29 heavy (non-hydrogen) atoms. The number of fused-ring (bicyclic) bond motifs is 1. The van der Waals surface area contributed by atoms with Crippen molar-refractivity contribution in [3.8, 4) is 11.3 Å². The second kappa shape index (κ2) is 6.95. The van der Waals surface area contributed by atoms with Gasteiger partial charge in [-0.05, 0) is 45.7 Å². The maximum Gasteiger partial charge on any atom is 0.416 e. The minimum Gasteiger partial charge on any atom is -0.443 e. The maximum atomic E-state index is 13.8. The molecule has 0 saturated heterocycles. The van der Waals surface area contributed by atoms with Crippen molar-refractivity contribution in [2.24, 2.45) is 0 Å². The fraction of sp³-hybridized carbons (Fsp3) is 0.333. The van der Waals surface area contributed by atoms with E-state index in [-0.39, 0.29) is 11.9 Å². The number of ether oxygens (including phenoxy) is 1. The zero-order valence-corrected chi connectivity index (χ0v) is 16.4. The second-order valence-electron chi connectivity index (χ2n) is 8.04. The maximum absolute atomic E-state index is 13.8. The van der Waals surface area contributed by atoms with Crippen molar-refractivity contribution in [2.75, 3.05) is 4.90 Å². The summed E-state index contributed by atoms with van der Waals surface area (Å²) in [5.74, 6) is -0.116. The predicted molar refractivity (Wildman–Crippen MR) is 106 cm³/mol. The van der Waals surface area contributed by atoms with Gasteiger partial charge >= 0.3 is 6.09 Å². The van der Waals surface area contributed by atoms with Crippen LogP contribution in [0, 0.1) is 5.82 Å². The van der Waals surface area contributed by atoms with E-state index in [1.54, 1.807) is 43.5 Å². The molecule has 0 N–H and O–H groups in total. The average Bonchev–Trinajstić information content (AvgIpc) is 3.38. The zero-order chi connectivity index (χ0) is 20.8. The molecular weight excluding hydrogens is 375 g/mol. The first-order valence-electron chi connectivity index (χ1n) is 9.38. The first-order chi connectivity index (χ1) is 13.8. The number of nitrogens with zero attached hydrogens (tertiary/aromatic N) is 4. The molecule has 1 aliphatic rings. The molecular formula is C21H21FN4O3. The molecule has 0 spiro atoms. The molecule has 2 heterocycles. The lowest BCUT2D eigenvalue weighted by molar-refractivity contribution is 0.0576. The Morgan fingerprint density at radius 1 is 1.34 bits per heavy atom. The molecule has 1 aromatic carbocycles. The molecule has 1 amide bonds. The molecule has 0 radical (unpaired) electrons. The van der Waals surface area contributed by atoms with Crippen LogP contribution >= 0.6 is 0 Å². The number of aldehydes is 1. The van der Waals surface area contributed by atoms with Gasteiger partial charge < -0.3 is 4.74 Å². The summed E-state index contributed by atoms with van der Waals surface area (Å²) in [5.41, 5.74) is 0.941. The van der Waals surface area contributed by atoms with Gasteiger partial charge in [0.1, 0.15) is 17.1 Å². The lowest BCUT2D eigenvalue weighted by atomic mass is 10.1. The number of benzene rings is 1. The third kappa shape index (κ3) is 3.83. The molecule has 8 heteroatoms. The predicted octanol–water partition coefficient (Wildman–Crippen LogP) is 4.25. The Bertz CT molecular complexity index is 1100. The Morgan fingerprint density at radius 3 is 2.72 bits per heavy atom. The average molecular weight is 396 g/mol. The highest BCUT2D eigenvalue weighted by atomic mass is 19.1. The number of halogens is 1. The van der Waals surface area contributed by atoms with Gasteiger partial charge in [-0.15, -0.1) is 0 Å². The Kier molecular flexibility index (Phi) is 4.56. The summed E-state index contributed by atoms with van der Waals surface area (Å²) in [6.07, 6.45) is 4.82. The quantitative estimate of drug-likeness (QED) is 0.616. The van der Waals surface area contributed by atoms with Gasteiger partial charge in [0.2, 0.25) is 0 Å².